The van der Waals surface area contributed by atoms with Crippen molar-refractivity contribution in [3.63, 3.8) is 0 Å². The quantitative estimate of drug-likeness (QED) is 0.0553. The first kappa shape index (κ1) is 36.2. The number of aromatic amines is 1. The lowest BCUT2D eigenvalue weighted by molar-refractivity contribution is -1.11. The lowest BCUT2D eigenvalue weighted by atomic mass is 9.98. The van der Waals surface area contributed by atoms with E-state index in [1.807, 2.05) is 46.8 Å². The number of aromatic nitrogens is 4. The normalized spacial score (nSPS) is 13.8. The summed E-state index contributed by atoms with van der Waals surface area (Å²) >= 11 is 0. The van der Waals surface area contributed by atoms with E-state index in [-0.39, 0.29) is 53.5 Å². The topological polar surface area (TPSA) is 170 Å². The van der Waals surface area contributed by atoms with Crippen molar-refractivity contribution in [2.45, 2.75) is 80.2 Å². The van der Waals surface area contributed by atoms with Gasteiger partial charge in [-0.2, -0.15) is 14.6 Å². The van der Waals surface area contributed by atoms with Crippen LogP contribution in [0.2, 0.25) is 0 Å². The van der Waals surface area contributed by atoms with Crippen LogP contribution < -0.4 is 16.2 Å². The third-order valence-corrected chi connectivity index (χ3v) is 9.23. The number of hydroxylamine groups is 3. The van der Waals surface area contributed by atoms with Crippen molar-refractivity contribution in [1.82, 2.24) is 19.5 Å². The number of imidazole rings is 1. The highest BCUT2D eigenvalue weighted by Gasteiger charge is 2.45. The fourth-order valence-corrected chi connectivity index (χ4v) is 6.98. The molecule has 0 bridgehead atoms. The first-order valence-corrected chi connectivity index (χ1v) is 16.7. The van der Waals surface area contributed by atoms with Crippen LogP contribution in [0.4, 0.5) is 5.82 Å². The summed E-state index contributed by atoms with van der Waals surface area (Å²) in [6, 6.07) is 7.19. The highest BCUT2D eigenvalue weighted by atomic mass is 31.2. The summed E-state index contributed by atoms with van der Waals surface area (Å²) in [7, 11) is -2.36. The Balaban J connectivity index is 1.94. The number of methoxy groups -OCH3 is 1. The molecule has 250 valence electrons. The third-order valence-electron chi connectivity index (χ3n) is 7.43. The lowest BCUT2D eigenvalue weighted by Gasteiger charge is -2.42. The molecule has 0 saturated carbocycles. The zero-order valence-corrected chi connectivity index (χ0v) is 28.7. The molecular formula is C30H48N6O8P+. The van der Waals surface area contributed by atoms with Crippen LogP contribution in [-0.4, -0.2) is 75.9 Å². The minimum absolute atomic E-state index is 0.0220. The van der Waals surface area contributed by atoms with Crippen LogP contribution >= 0.6 is 7.60 Å². The number of rotatable bonds is 16. The molecule has 3 aromatic rings. The molecule has 0 saturated heterocycles. The number of ether oxygens (including phenoxy) is 3. The van der Waals surface area contributed by atoms with E-state index in [4.69, 9.17) is 29.1 Å². The molecular weight excluding hydrogens is 603 g/mol. The van der Waals surface area contributed by atoms with E-state index < -0.39 is 31.5 Å². The molecule has 1 aromatic carbocycles. The van der Waals surface area contributed by atoms with Crippen molar-refractivity contribution in [2.75, 3.05) is 39.4 Å². The van der Waals surface area contributed by atoms with Crippen molar-refractivity contribution in [1.29, 1.82) is 0 Å². The molecule has 3 rings (SSSR count). The summed E-state index contributed by atoms with van der Waals surface area (Å²) in [5, 5.41) is 0. The van der Waals surface area contributed by atoms with Crippen molar-refractivity contribution >= 4 is 30.5 Å². The number of hydrogen-bond donors (Lipinski definition) is 2. The minimum atomic E-state index is -3.90. The van der Waals surface area contributed by atoms with Gasteiger partial charge in [-0.3, -0.25) is 18.5 Å². The molecule has 0 fully saturated rings. The smallest absolute Gasteiger partial charge is 0.389 e. The highest BCUT2D eigenvalue weighted by molar-refractivity contribution is 7.52. The van der Waals surface area contributed by atoms with E-state index in [0.717, 1.165) is 5.56 Å². The van der Waals surface area contributed by atoms with E-state index in [9.17, 15) is 14.2 Å². The Hall–Kier alpha value is -3.29. The molecule has 45 heavy (non-hydrogen) atoms. The summed E-state index contributed by atoms with van der Waals surface area (Å²) < 4.78 is 44.0. The number of esters is 1. The van der Waals surface area contributed by atoms with Crippen molar-refractivity contribution < 1.29 is 37.4 Å². The Bertz CT molecular complexity index is 1550. The van der Waals surface area contributed by atoms with Crippen LogP contribution in [0, 0.1) is 5.41 Å². The summed E-state index contributed by atoms with van der Waals surface area (Å²) in [5.41, 5.74) is 6.84. The number of anilines is 1. The fraction of sp³-hybridized carbons (Fsp3) is 0.600. The van der Waals surface area contributed by atoms with Gasteiger partial charge < -0.3 is 24.9 Å². The van der Waals surface area contributed by atoms with Gasteiger partial charge in [0.25, 0.3) is 0 Å². The average Bonchev–Trinajstić information content (AvgIpc) is 3.26. The number of fused-ring (bicyclic) bond motifs is 1. The van der Waals surface area contributed by atoms with Crippen LogP contribution in [0.25, 0.3) is 11.2 Å². The summed E-state index contributed by atoms with van der Waals surface area (Å²) in [4.78, 5) is 36.5. The molecule has 3 N–H and O–H groups in total. The van der Waals surface area contributed by atoms with Gasteiger partial charge in [0.1, 0.15) is 30.8 Å². The molecule has 0 aliphatic heterocycles. The van der Waals surface area contributed by atoms with Crippen molar-refractivity contribution in [3.05, 3.63) is 45.9 Å². The van der Waals surface area contributed by atoms with Crippen LogP contribution in [0.3, 0.4) is 0 Å². The number of carbonyl (C=O) groups is 1. The van der Waals surface area contributed by atoms with E-state index in [1.165, 1.54) is 4.57 Å². The zero-order chi connectivity index (χ0) is 33.6. The van der Waals surface area contributed by atoms with Crippen molar-refractivity contribution in [2.24, 2.45) is 5.41 Å². The Morgan fingerprint density at radius 3 is 2.38 bits per heavy atom. The number of H-pyrrole nitrogens is 1. The highest BCUT2D eigenvalue weighted by Crippen LogP contribution is 2.55. The van der Waals surface area contributed by atoms with Gasteiger partial charge in [0.15, 0.2) is 11.5 Å². The number of benzene rings is 1. The molecule has 15 heteroatoms. The molecule has 0 amide bonds. The largest absolute Gasteiger partial charge is 0.461 e. The number of quaternary nitrogens is 1. The van der Waals surface area contributed by atoms with E-state index in [1.54, 1.807) is 40.0 Å². The third kappa shape index (κ3) is 8.92. The summed E-state index contributed by atoms with van der Waals surface area (Å²) in [6.07, 6.45) is -0.0945. The molecule has 2 aromatic heterocycles. The fourth-order valence-electron chi connectivity index (χ4n) is 4.97. The van der Waals surface area contributed by atoms with Crippen LogP contribution in [-0.2, 0) is 40.7 Å². The first-order valence-electron chi connectivity index (χ1n) is 15.0. The van der Waals surface area contributed by atoms with Gasteiger partial charge in [-0.05, 0) is 66.5 Å². The minimum Gasteiger partial charge on any atom is -0.461 e. The molecule has 0 aliphatic carbocycles. The maximum atomic E-state index is 14.5. The van der Waals surface area contributed by atoms with Gasteiger partial charge in [-0.15, -0.1) is 4.62 Å². The standard InChI is InChI=1S/C30H47N6O8P/c1-10-36(20(2)3,21(4)5)44-45(39,43-19-42-27(37)30(6,7)8)18-23-13-11-12-22(16-23)17-35-26-24(32-29(35)38)25(31)33-28(34-26)41-15-14-40-9/h11-13,16,20-21H,10,14-15,17-19H2,1-9H3,(H2-,31,32,33,34,38)/p+1. The molecule has 1 unspecified atom stereocenters. The van der Waals surface area contributed by atoms with Crippen LogP contribution in [0.1, 0.15) is 66.5 Å². The second kappa shape index (κ2) is 14.9. The van der Waals surface area contributed by atoms with Crippen molar-refractivity contribution in [3.8, 4) is 6.01 Å². The summed E-state index contributed by atoms with van der Waals surface area (Å²) in [5.74, 6) is -0.409. The Kier molecular flexibility index (Phi) is 12.0. The monoisotopic (exact) mass is 651 g/mol. The number of hydrogen-bond acceptors (Lipinski definition) is 11. The Morgan fingerprint density at radius 2 is 1.78 bits per heavy atom. The average molecular weight is 652 g/mol. The zero-order valence-electron chi connectivity index (χ0n) is 27.8. The van der Waals surface area contributed by atoms with Crippen LogP contribution in [0.15, 0.2) is 29.1 Å². The predicted molar refractivity (Wildman–Crippen MR) is 170 cm³/mol. The maximum absolute atomic E-state index is 14.5. The van der Waals surface area contributed by atoms with Gasteiger partial charge >= 0.3 is 25.3 Å². The second-order valence-electron chi connectivity index (χ2n) is 12.4. The second-order valence-corrected chi connectivity index (χ2v) is 14.4. The molecule has 0 aliphatic rings. The number of nitrogens with one attached hydrogen (secondary N) is 1. The maximum Gasteiger partial charge on any atom is 0.389 e. The first-order chi connectivity index (χ1) is 21.0. The van der Waals surface area contributed by atoms with Gasteiger partial charge in [-0.1, -0.05) is 24.3 Å². The van der Waals surface area contributed by atoms with Gasteiger partial charge in [-0.25, -0.2) is 4.79 Å². The van der Waals surface area contributed by atoms with E-state index in [2.05, 4.69) is 15.0 Å². The molecule has 2 heterocycles. The van der Waals surface area contributed by atoms with Gasteiger partial charge in [0.05, 0.1) is 24.7 Å². The number of nitrogens with zero attached hydrogens (tertiary/aromatic N) is 4. The number of nitrogens with two attached hydrogens (primary N) is 1. The number of nitrogen functional groups attached to an aromatic ring is 1. The van der Waals surface area contributed by atoms with E-state index >= 15 is 0 Å². The molecule has 1 atom stereocenters. The SMILES string of the molecule is CC[N+](OP(=O)(Cc1cccc(Cn2c(=O)[nH]c3c(N)nc(OCCOC)nc32)c1)OCOC(=O)C(C)(C)C)(C(C)C)C(C)C. The molecule has 14 nitrogen and oxygen atoms in total. The molecule has 0 spiro atoms. The van der Waals surface area contributed by atoms with Crippen LogP contribution in [0.5, 0.6) is 6.01 Å². The Labute approximate surface area is 264 Å². The Morgan fingerprint density at radius 1 is 1.11 bits per heavy atom. The van der Waals surface area contributed by atoms with Gasteiger partial charge in [0, 0.05) is 7.11 Å². The summed E-state index contributed by atoms with van der Waals surface area (Å²) in [6.45, 7) is 15.8. The van der Waals surface area contributed by atoms with E-state index in [0.29, 0.717) is 24.2 Å². The lowest BCUT2D eigenvalue weighted by Crippen LogP contribution is -2.56. The molecule has 0 radical (unpaired) electrons. The van der Waals surface area contributed by atoms with Gasteiger partial charge in [0.2, 0.25) is 6.79 Å². The number of carbonyl (C=O) groups excluding carboxylic acids is 1. The predicted octanol–water partition coefficient (Wildman–Crippen LogP) is 4.62.